The van der Waals surface area contributed by atoms with E-state index < -0.39 is 0 Å². The maximum atomic E-state index is 12.8. The lowest BCUT2D eigenvalue weighted by atomic mass is 10.1. The van der Waals surface area contributed by atoms with Gasteiger partial charge in [-0.25, -0.2) is 0 Å². The summed E-state index contributed by atoms with van der Waals surface area (Å²) in [5.74, 6) is 1.82. The number of benzene rings is 2. The molecule has 2 aromatic carbocycles. The van der Waals surface area contributed by atoms with Crippen molar-refractivity contribution in [2.24, 2.45) is 4.99 Å². The lowest BCUT2D eigenvalue weighted by Gasteiger charge is -2.26. The lowest BCUT2D eigenvalue weighted by molar-refractivity contribution is 0.0724. The van der Waals surface area contributed by atoms with Gasteiger partial charge in [-0.05, 0) is 55.5 Å². The average Bonchev–Trinajstić information content (AvgIpc) is 3.35. The molecule has 1 unspecified atom stereocenters. The number of aliphatic imine (C=N–C) groups is 1. The fourth-order valence-corrected chi connectivity index (χ4v) is 4.66. The Hall–Kier alpha value is -2.49. The minimum Gasteiger partial charge on any atom is -0.495 e. The van der Waals surface area contributed by atoms with Crippen molar-refractivity contribution in [3.8, 4) is 5.75 Å². The molecular formula is C26H36IN5O2. The SMILES string of the molecule is CN=C(NCc1cccc(C(=O)N2CCCCC2)c1)NC1CCN(c2ccccc2OC)C1.I. The largest absolute Gasteiger partial charge is 0.495 e. The third-order valence-corrected chi connectivity index (χ3v) is 6.46. The van der Waals surface area contributed by atoms with Gasteiger partial charge in [0.1, 0.15) is 5.75 Å². The molecule has 0 aliphatic carbocycles. The fraction of sp³-hybridized carbons (Fsp3) is 0.462. The van der Waals surface area contributed by atoms with Gasteiger partial charge < -0.3 is 25.2 Å². The van der Waals surface area contributed by atoms with E-state index in [1.165, 1.54) is 6.42 Å². The van der Waals surface area contributed by atoms with Gasteiger partial charge in [0.05, 0.1) is 12.8 Å². The molecule has 34 heavy (non-hydrogen) atoms. The van der Waals surface area contributed by atoms with Crippen LogP contribution in [0.15, 0.2) is 53.5 Å². The molecular weight excluding hydrogens is 541 g/mol. The van der Waals surface area contributed by atoms with Crippen molar-refractivity contribution in [3.05, 3.63) is 59.7 Å². The topological polar surface area (TPSA) is 69.2 Å². The molecule has 184 valence electrons. The molecule has 8 heteroatoms. The molecule has 0 spiro atoms. The Morgan fingerprint density at radius 1 is 1.09 bits per heavy atom. The zero-order chi connectivity index (χ0) is 23.0. The first kappa shape index (κ1) is 26.1. The summed E-state index contributed by atoms with van der Waals surface area (Å²) in [6, 6.07) is 16.4. The molecule has 2 aliphatic heterocycles. The Morgan fingerprint density at radius 2 is 1.88 bits per heavy atom. The van der Waals surface area contributed by atoms with Gasteiger partial charge in [-0.1, -0.05) is 24.3 Å². The van der Waals surface area contributed by atoms with Crippen molar-refractivity contribution in [1.29, 1.82) is 0 Å². The predicted octanol–water partition coefficient (Wildman–Crippen LogP) is 3.88. The van der Waals surface area contributed by atoms with E-state index in [4.69, 9.17) is 4.74 Å². The average molecular weight is 578 g/mol. The molecule has 2 saturated heterocycles. The normalized spacial score (nSPS) is 18.3. The molecule has 2 aromatic rings. The molecule has 4 rings (SSSR count). The van der Waals surface area contributed by atoms with E-state index in [9.17, 15) is 4.79 Å². The summed E-state index contributed by atoms with van der Waals surface area (Å²) in [7, 11) is 3.50. The van der Waals surface area contributed by atoms with Crippen LogP contribution in [0.3, 0.4) is 0 Å². The minimum atomic E-state index is 0. The van der Waals surface area contributed by atoms with Crippen LogP contribution < -0.4 is 20.3 Å². The van der Waals surface area contributed by atoms with E-state index >= 15 is 0 Å². The zero-order valence-corrected chi connectivity index (χ0v) is 22.5. The number of rotatable bonds is 6. The molecule has 0 aromatic heterocycles. The van der Waals surface area contributed by atoms with Crippen LogP contribution >= 0.6 is 24.0 Å². The number of amides is 1. The number of likely N-dealkylation sites (tertiary alicyclic amines) is 1. The van der Waals surface area contributed by atoms with Crippen molar-refractivity contribution in [1.82, 2.24) is 15.5 Å². The number of nitrogens with one attached hydrogen (secondary N) is 2. The molecule has 0 radical (unpaired) electrons. The Bertz CT molecular complexity index is 977. The Balaban J connectivity index is 0.00000324. The molecule has 2 N–H and O–H groups in total. The number of guanidine groups is 1. The van der Waals surface area contributed by atoms with E-state index in [0.29, 0.717) is 12.6 Å². The van der Waals surface area contributed by atoms with Crippen LogP contribution in [0.5, 0.6) is 5.75 Å². The Morgan fingerprint density at radius 3 is 2.65 bits per heavy atom. The van der Waals surface area contributed by atoms with Gasteiger partial charge in [-0.15, -0.1) is 24.0 Å². The summed E-state index contributed by atoms with van der Waals surface area (Å²) in [4.78, 5) is 21.6. The Labute approximate surface area is 220 Å². The highest BCUT2D eigenvalue weighted by atomic mass is 127. The quantitative estimate of drug-likeness (QED) is 0.310. The molecule has 2 aliphatic rings. The number of ether oxygens (including phenoxy) is 1. The van der Waals surface area contributed by atoms with Crippen LogP contribution in [-0.4, -0.2) is 63.1 Å². The molecule has 2 fully saturated rings. The number of halogens is 1. The number of anilines is 1. The van der Waals surface area contributed by atoms with Gasteiger partial charge in [0.15, 0.2) is 5.96 Å². The number of piperidine rings is 1. The van der Waals surface area contributed by atoms with Gasteiger partial charge in [-0.3, -0.25) is 9.79 Å². The highest BCUT2D eigenvalue weighted by molar-refractivity contribution is 14.0. The number of hydrogen-bond acceptors (Lipinski definition) is 4. The standard InChI is InChI=1S/C26H35N5O2.HI/c1-27-26(29-22-13-16-31(19-22)23-11-4-5-12-24(23)33-2)28-18-20-9-8-10-21(17-20)25(32)30-14-6-3-7-15-30;/h4-5,8-12,17,22H,3,6-7,13-16,18-19H2,1-2H3,(H2,27,28,29);1H. The van der Waals surface area contributed by atoms with Gasteiger partial charge in [0.2, 0.25) is 0 Å². The van der Waals surface area contributed by atoms with Gasteiger partial charge in [-0.2, -0.15) is 0 Å². The third kappa shape index (κ3) is 6.55. The summed E-state index contributed by atoms with van der Waals surface area (Å²) in [5, 5.41) is 6.95. The smallest absolute Gasteiger partial charge is 0.253 e. The molecule has 0 saturated carbocycles. The third-order valence-electron chi connectivity index (χ3n) is 6.46. The van der Waals surface area contributed by atoms with E-state index in [0.717, 1.165) is 74.0 Å². The molecule has 1 amide bonds. The van der Waals surface area contributed by atoms with Crippen LogP contribution in [0.2, 0.25) is 0 Å². The Kier molecular flexibility index (Phi) is 9.86. The number of methoxy groups -OCH3 is 1. The molecule has 0 bridgehead atoms. The van der Waals surface area contributed by atoms with E-state index in [-0.39, 0.29) is 29.9 Å². The highest BCUT2D eigenvalue weighted by Crippen LogP contribution is 2.30. The van der Waals surface area contributed by atoms with Crippen LogP contribution in [0.4, 0.5) is 5.69 Å². The van der Waals surface area contributed by atoms with Gasteiger partial charge >= 0.3 is 0 Å². The fourth-order valence-electron chi connectivity index (χ4n) is 4.66. The number of carbonyl (C=O) groups excluding carboxylic acids is 1. The zero-order valence-electron chi connectivity index (χ0n) is 20.1. The van der Waals surface area contributed by atoms with Crippen LogP contribution in [0.25, 0.3) is 0 Å². The van der Waals surface area contributed by atoms with E-state index in [1.807, 2.05) is 47.4 Å². The maximum absolute atomic E-state index is 12.8. The highest BCUT2D eigenvalue weighted by Gasteiger charge is 2.25. The second-order valence-corrected chi connectivity index (χ2v) is 8.73. The minimum absolute atomic E-state index is 0. The second-order valence-electron chi connectivity index (χ2n) is 8.73. The van der Waals surface area contributed by atoms with Crippen LogP contribution in [-0.2, 0) is 6.54 Å². The van der Waals surface area contributed by atoms with Gasteiger partial charge in [0, 0.05) is 51.4 Å². The van der Waals surface area contributed by atoms with E-state index in [2.05, 4.69) is 26.6 Å². The van der Waals surface area contributed by atoms with Gasteiger partial charge in [0.25, 0.3) is 5.91 Å². The first-order chi connectivity index (χ1) is 16.2. The molecule has 2 heterocycles. The van der Waals surface area contributed by atoms with E-state index in [1.54, 1.807) is 14.2 Å². The van der Waals surface area contributed by atoms with Crippen molar-refractivity contribution in [2.45, 2.75) is 38.3 Å². The summed E-state index contributed by atoms with van der Waals surface area (Å²) in [6.07, 6.45) is 4.45. The number of hydrogen-bond donors (Lipinski definition) is 2. The van der Waals surface area contributed by atoms with Crippen molar-refractivity contribution < 1.29 is 9.53 Å². The second kappa shape index (κ2) is 12.8. The van der Waals surface area contributed by atoms with Crippen molar-refractivity contribution >= 4 is 41.5 Å². The lowest BCUT2D eigenvalue weighted by Crippen LogP contribution is -2.44. The number of carbonyl (C=O) groups is 1. The van der Waals surface area contributed by atoms with Crippen molar-refractivity contribution in [3.63, 3.8) is 0 Å². The molecule has 7 nitrogen and oxygen atoms in total. The van der Waals surface area contributed by atoms with Crippen LogP contribution in [0, 0.1) is 0 Å². The van der Waals surface area contributed by atoms with Crippen molar-refractivity contribution in [2.75, 3.05) is 45.2 Å². The maximum Gasteiger partial charge on any atom is 0.253 e. The predicted molar refractivity (Wildman–Crippen MR) is 149 cm³/mol. The number of para-hydroxylation sites is 2. The van der Waals surface area contributed by atoms with Crippen LogP contribution in [0.1, 0.15) is 41.6 Å². The summed E-state index contributed by atoms with van der Waals surface area (Å²) < 4.78 is 5.52. The summed E-state index contributed by atoms with van der Waals surface area (Å²) in [5.41, 5.74) is 2.97. The first-order valence-electron chi connectivity index (χ1n) is 11.9. The molecule has 1 atom stereocenters. The monoisotopic (exact) mass is 577 g/mol. The summed E-state index contributed by atoms with van der Waals surface area (Å²) >= 11 is 0. The summed E-state index contributed by atoms with van der Waals surface area (Å²) in [6.45, 7) is 4.20. The number of nitrogens with zero attached hydrogens (tertiary/aromatic N) is 3. The first-order valence-corrected chi connectivity index (χ1v) is 11.9.